The Morgan fingerprint density at radius 2 is 1.95 bits per heavy atom. The standard InChI is InChI=1S/C14H25NO6/c1-5-20-8-9-21-10-14(3,18)7-6-12(13(17)19-4)15-11(2)16/h6-7,12,18H,5,8-10H2,1-4H3,(H,15,16)/b7-6+/t12-,14?/m0/s1. The first kappa shape index (κ1) is 19.6. The summed E-state index contributed by atoms with van der Waals surface area (Å²) in [7, 11) is 1.22. The van der Waals surface area contributed by atoms with Crippen LogP contribution in [-0.2, 0) is 23.8 Å². The van der Waals surface area contributed by atoms with Crippen LogP contribution < -0.4 is 5.32 Å². The van der Waals surface area contributed by atoms with Gasteiger partial charge in [-0.3, -0.25) is 4.79 Å². The van der Waals surface area contributed by atoms with Crippen LogP contribution in [0.3, 0.4) is 0 Å². The van der Waals surface area contributed by atoms with Gasteiger partial charge in [-0.15, -0.1) is 0 Å². The Bertz CT molecular complexity index is 353. The van der Waals surface area contributed by atoms with E-state index >= 15 is 0 Å². The molecule has 1 amide bonds. The van der Waals surface area contributed by atoms with Gasteiger partial charge in [0, 0.05) is 13.5 Å². The van der Waals surface area contributed by atoms with E-state index in [1.807, 2.05) is 6.92 Å². The molecule has 2 N–H and O–H groups in total. The fraction of sp³-hybridized carbons (Fsp3) is 0.714. The number of carbonyl (C=O) groups is 2. The third-order valence-corrected chi connectivity index (χ3v) is 2.43. The van der Waals surface area contributed by atoms with Crippen molar-refractivity contribution in [2.75, 3.05) is 33.5 Å². The second kappa shape index (κ2) is 10.3. The number of hydrogen-bond acceptors (Lipinski definition) is 6. The predicted octanol–water partition coefficient (Wildman–Crippen LogP) is 0.0244. The summed E-state index contributed by atoms with van der Waals surface area (Å²) >= 11 is 0. The van der Waals surface area contributed by atoms with E-state index in [2.05, 4.69) is 10.1 Å². The van der Waals surface area contributed by atoms with Crippen molar-refractivity contribution in [1.29, 1.82) is 0 Å². The molecule has 0 rings (SSSR count). The highest BCUT2D eigenvalue weighted by Gasteiger charge is 2.21. The molecule has 122 valence electrons. The smallest absolute Gasteiger partial charge is 0.332 e. The van der Waals surface area contributed by atoms with Crippen molar-refractivity contribution < 1.29 is 28.9 Å². The molecule has 0 saturated carbocycles. The lowest BCUT2D eigenvalue weighted by molar-refractivity contribution is -0.143. The van der Waals surface area contributed by atoms with E-state index in [1.54, 1.807) is 0 Å². The van der Waals surface area contributed by atoms with Gasteiger partial charge in [0.1, 0.15) is 11.6 Å². The van der Waals surface area contributed by atoms with Crippen LogP contribution in [0.2, 0.25) is 0 Å². The van der Waals surface area contributed by atoms with E-state index in [0.29, 0.717) is 19.8 Å². The van der Waals surface area contributed by atoms with Gasteiger partial charge in [0.05, 0.1) is 26.9 Å². The van der Waals surface area contributed by atoms with Crippen LogP contribution in [0, 0.1) is 0 Å². The van der Waals surface area contributed by atoms with Crippen molar-refractivity contribution in [1.82, 2.24) is 5.32 Å². The first-order valence-corrected chi connectivity index (χ1v) is 6.74. The summed E-state index contributed by atoms with van der Waals surface area (Å²) in [5.74, 6) is -0.989. The van der Waals surface area contributed by atoms with Gasteiger partial charge in [-0.05, 0) is 13.8 Å². The summed E-state index contributed by atoms with van der Waals surface area (Å²) in [4.78, 5) is 22.5. The fourth-order valence-electron chi connectivity index (χ4n) is 1.42. The summed E-state index contributed by atoms with van der Waals surface area (Å²) in [6.45, 7) is 6.18. The van der Waals surface area contributed by atoms with E-state index in [4.69, 9.17) is 9.47 Å². The predicted molar refractivity (Wildman–Crippen MR) is 76.7 cm³/mol. The molecule has 0 aliphatic heterocycles. The summed E-state index contributed by atoms with van der Waals surface area (Å²) in [6, 6.07) is -0.942. The van der Waals surface area contributed by atoms with Gasteiger partial charge >= 0.3 is 5.97 Å². The highest BCUT2D eigenvalue weighted by molar-refractivity contribution is 5.84. The SMILES string of the molecule is CCOCCOCC(C)(O)/C=C/[C@H](NC(C)=O)C(=O)OC. The largest absolute Gasteiger partial charge is 0.467 e. The molecule has 0 aromatic heterocycles. The quantitative estimate of drug-likeness (QED) is 0.336. The summed E-state index contributed by atoms with van der Waals surface area (Å²) in [5.41, 5.74) is -1.27. The molecule has 0 aliphatic carbocycles. The Hall–Kier alpha value is -1.44. The average Bonchev–Trinajstić information content (AvgIpc) is 2.42. The van der Waals surface area contributed by atoms with Crippen LogP contribution in [0.15, 0.2) is 12.2 Å². The van der Waals surface area contributed by atoms with Crippen LogP contribution in [0.5, 0.6) is 0 Å². The zero-order chi connectivity index (χ0) is 16.3. The number of hydrogen-bond donors (Lipinski definition) is 2. The van der Waals surface area contributed by atoms with Crippen molar-refractivity contribution >= 4 is 11.9 Å². The number of rotatable bonds is 10. The Kier molecular flexibility index (Phi) is 9.60. The number of esters is 1. The topological polar surface area (TPSA) is 94.1 Å². The molecule has 0 radical (unpaired) electrons. The monoisotopic (exact) mass is 303 g/mol. The average molecular weight is 303 g/mol. The Balaban J connectivity index is 4.41. The molecule has 21 heavy (non-hydrogen) atoms. The van der Waals surface area contributed by atoms with Crippen LogP contribution in [0.4, 0.5) is 0 Å². The van der Waals surface area contributed by atoms with Crippen molar-refractivity contribution in [2.24, 2.45) is 0 Å². The Labute approximate surface area is 125 Å². The zero-order valence-electron chi connectivity index (χ0n) is 13.0. The van der Waals surface area contributed by atoms with Crippen molar-refractivity contribution in [3.63, 3.8) is 0 Å². The second-order valence-corrected chi connectivity index (χ2v) is 4.67. The molecular weight excluding hydrogens is 278 g/mol. The van der Waals surface area contributed by atoms with Crippen molar-refractivity contribution in [3.8, 4) is 0 Å². The maximum atomic E-state index is 11.5. The van der Waals surface area contributed by atoms with Crippen molar-refractivity contribution in [2.45, 2.75) is 32.4 Å². The number of carbonyl (C=O) groups excluding carboxylic acids is 2. The molecule has 0 aromatic carbocycles. The van der Waals surface area contributed by atoms with E-state index in [9.17, 15) is 14.7 Å². The Morgan fingerprint density at radius 3 is 2.48 bits per heavy atom. The second-order valence-electron chi connectivity index (χ2n) is 4.67. The van der Waals surface area contributed by atoms with Gasteiger partial charge in [-0.25, -0.2) is 4.79 Å². The van der Waals surface area contributed by atoms with Crippen LogP contribution in [0.25, 0.3) is 0 Å². The lowest BCUT2D eigenvalue weighted by atomic mass is 10.1. The summed E-state index contributed by atoms with van der Waals surface area (Å²) in [5, 5.41) is 12.5. The van der Waals surface area contributed by atoms with E-state index < -0.39 is 17.6 Å². The highest BCUT2D eigenvalue weighted by Crippen LogP contribution is 2.07. The number of methoxy groups -OCH3 is 1. The van der Waals surface area contributed by atoms with E-state index in [-0.39, 0.29) is 12.5 Å². The molecule has 0 fully saturated rings. The molecule has 0 bridgehead atoms. The molecule has 0 aliphatic rings. The van der Waals surface area contributed by atoms with Crippen LogP contribution >= 0.6 is 0 Å². The molecule has 7 heteroatoms. The van der Waals surface area contributed by atoms with Gasteiger partial charge in [0.25, 0.3) is 0 Å². The Morgan fingerprint density at radius 1 is 1.33 bits per heavy atom. The van der Waals surface area contributed by atoms with E-state index in [1.165, 1.54) is 33.1 Å². The lowest BCUT2D eigenvalue weighted by Crippen LogP contribution is -2.39. The van der Waals surface area contributed by atoms with Gasteiger partial charge < -0.3 is 24.6 Å². The summed E-state index contributed by atoms with van der Waals surface area (Å²) in [6.07, 6.45) is 2.77. The minimum atomic E-state index is -1.27. The first-order chi connectivity index (χ1) is 9.82. The molecule has 2 atom stereocenters. The van der Waals surface area contributed by atoms with Gasteiger partial charge in [0.15, 0.2) is 0 Å². The maximum absolute atomic E-state index is 11.5. The van der Waals surface area contributed by atoms with Crippen LogP contribution in [-0.4, -0.2) is 62.2 Å². The van der Waals surface area contributed by atoms with Gasteiger partial charge in [-0.2, -0.15) is 0 Å². The minimum absolute atomic E-state index is 0.0462. The normalized spacial score (nSPS) is 15.5. The van der Waals surface area contributed by atoms with Crippen LogP contribution in [0.1, 0.15) is 20.8 Å². The molecule has 0 heterocycles. The number of nitrogens with one attached hydrogen (secondary N) is 1. The number of aliphatic hydroxyl groups is 1. The molecular formula is C14H25NO6. The molecule has 0 spiro atoms. The van der Waals surface area contributed by atoms with Crippen molar-refractivity contribution in [3.05, 3.63) is 12.2 Å². The zero-order valence-corrected chi connectivity index (χ0v) is 13.0. The lowest BCUT2D eigenvalue weighted by Gasteiger charge is -2.20. The fourth-order valence-corrected chi connectivity index (χ4v) is 1.42. The first-order valence-electron chi connectivity index (χ1n) is 6.74. The number of ether oxygens (including phenoxy) is 3. The molecule has 7 nitrogen and oxygen atoms in total. The molecule has 1 unspecified atom stereocenters. The maximum Gasteiger partial charge on any atom is 0.332 e. The molecule has 0 aromatic rings. The van der Waals surface area contributed by atoms with Gasteiger partial charge in [-0.1, -0.05) is 12.2 Å². The molecule has 0 saturated heterocycles. The summed E-state index contributed by atoms with van der Waals surface area (Å²) < 4.78 is 14.9. The number of amides is 1. The minimum Gasteiger partial charge on any atom is -0.467 e. The van der Waals surface area contributed by atoms with E-state index in [0.717, 1.165) is 0 Å². The van der Waals surface area contributed by atoms with Gasteiger partial charge in [0.2, 0.25) is 5.91 Å². The highest BCUT2D eigenvalue weighted by atomic mass is 16.5. The third-order valence-electron chi connectivity index (χ3n) is 2.43. The third kappa shape index (κ3) is 10.0.